The third-order valence-corrected chi connectivity index (χ3v) is 4.87. The van der Waals surface area contributed by atoms with Gasteiger partial charge in [0.2, 0.25) is 0 Å². The van der Waals surface area contributed by atoms with Crippen molar-refractivity contribution < 1.29 is 0 Å². The van der Waals surface area contributed by atoms with Crippen LogP contribution in [0.4, 0.5) is 5.69 Å². The van der Waals surface area contributed by atoms with Gasteiger partial charge in [0.05, 0.1) is 17.4 Å². The summed E-state index contributed by atoms with van der Waals surface area (Å²) >= 11 is 6.07. The third-order valence-electron chi connectivity index (χ3n) is 4.61. The van der Waals surface area contributed by atoms with Gasteiger partial charge in [0.1, 0.15) is 0 Å². The number of halogens is 1. The Morgan fingerprint density at radius 1 is 0.958 bits per heavy atom. The minimum absolute atomic E-state index is 0.0441. The van der Waals surface area contributed by atoms with E-state index >= 15 is 0 Å². The predicted molar refractivity (Wildman–Crippen MR) is 98.4 cm³/mol. The van der Waals surface area contributed by atoms with Gasteiger partial charge in [-0.15, -0.1) is 0 Å². The second kappa shape index (κ2) is 5.11. The van der Waals surface area contributed by atoms with Gasteiger partial charge in [-0.1, -0.05) is 35.9 Å². The highest BCUT2D eigenvalue weighted by molar-refractivity contribution is 6.30. The smallest absolute Gasteiger partial charge is 0.0940 e. The molecule has 0 saturated heterocycles. The molecule has 3 heterocycles. The summed E-state index contributed by atoms with van der Waals surface area (Å²) in [5.74, 6) is 0. The van der Waals surface area contributed by atoms with Gasteiger partial charge in [-0.3, -0.25) is 4.98 Å². The highest BCUT2D eigenvalue weighted by Crippen LogP contribution is 2.42. The lowest BCUT2D eigenvalue weighted by Crippen LogP contribution is -2.11. The van der Waals surface area contributed by atoms with Gasteiger partial charge < -0.3 is 10.3 Å². The van der Waals surface area contributed by atoms with Crippen LogP contribution in [0.1, 0.15) is 17.2 Å². The SMILES string of the molecule is Clc1ccc(C2Nc3cccnc3-c3cccc4[nH]cc2c34)cc1. The van der Waals surface area contributed by atoms with Crippen molar-refractivity contribution >= 4 is 28.2 Å². The molecule has 0 fully saturated rings. The molecule has 0 spiro atoms. The highest BCUT2D eigenvalue weighted by Gasteiger charge is 2.25. The van der Waals surface area contributed by atoms with E-state index in [1.165, 1.54) is 16.5 Å². The average molecular weight is 332 g/mol. The zero-order chi connectivity index (χ0) is 16.1. The molecule has 2 aromatic heterocycles. The Hall–Kier alpha value is -2.78. The second-order valence-corrected chi connectivity index (χ2v) is 6.44. The lowest BCUT2D eigenvalue weighted by atomic mass is 9.97. The van der Waals surface area contributed by atoms with Crippen LogP contribution in [0.3, 0.4) is 0 Å². The van der Waals surface area contributed by atoms with Gasteiger partial charge in [0, 0.05) is 39.4 Å². The quantitative estimate of drug-likeness (QED) is 0.490. The van der Waals surface area contributed by atoms with Crippen LogP contribution in [0, 0.1) is 0 Å². The number of fused-ring (bicyclic) bond motifs is 2. The van der Waals surface area contributed by atoms with Crippen molar-refractivity contribution in [3.8, 4) is 11.3 Å². The summed E-state index contributed by atoms with van der Waals surface area (Å²) in [6, 6.07) is 18.4. The summed E-state index contributed by atoms with van der Waals surface area (Å²) in [5.41, 5.74) is 6.71. The molecule has 0 radical (unpaired) electrons. The topological polar surface area (TPSA) is 40.7 Å². The number of nitrogens with one attached hydrogen (secondary N) is 2. The molecule has 2 N–H and O–H groups in total. The summed E-state index contributed by atoms with van der Waals surface area (Å²) in [7, 11) is 0. The molecule has 116 valence electrons. The van der Waals surface area contributed by atoms with Gasteiger partial charge in [-0.25, -0.2) is 0 Å². The molecule has 4 aromatic rings. The van der Waals surface area contributed by atoms with E-state index in [1.807, 2.05) is 24.4 Å². The first-order valence-electron chi connectivity index (χ1n) is 7.88. The molecular formula is C20H14ClN3. The Morgan fingerprint density at radius 2 is 1.83 bits per heavy atom. The van der Waals surface area contributed by atoms with Gasteiger partial charge in [-0.2, -0.15) is 0 Å². The van der Waals surface area contributed by atoms with E-state index in [4.69, 9.17) is 11.6 Å². The van der Waals surface area contributed by atoms with Gasteiger partial charge in [0.25, 0.3) is 0 Å². The number of pyridine rings is 1. The number of rotatable bonds is 1. The Bertz CT molecular complexity index is 1050. The van der Waals surface area contributed by atoms with Crippen LogP contribution in [0.5, 0.6) is 0 Å². The molecule has 0 bridgehead atoms. The Kier molecular flexibility index (Phi) is 2.91. The first kappa shape index (κ1) is 13.6. The number of H-pyrrole nitrogens is 1. The largest absolute Gasteiger partial charge is 0.372 e. The molecule has 5 rings (SSSR count). The molecule has 0 saturated carbocycles. The first-order chi connectivity index (χ1) is 11.8. The average Bonchev–Trinajstić information content (AvgIpc) is 2.98. The van der Waals surface area contributed by atoms with Crippen LogP contribution < -0.4 is 5.32 Å². The van der Waals surface area contributed by atoms with E-state index in [0.29, 0.717) is 0 Å². The second-order valence-electron chi connectivity index (χ2n) is 6.00. The van der Waals surface area contributed by atoms with E-state index in [9.17, 15) is 0 Å². The van der Waals surface area contributed by atoms with E-state index in [2.05, 4.69) is 57.9 Å². The van der Waals surface area contributed by atoms with Crippen LogP contribution in [-0.2, 0) is 0 Å². The standard InChI is InChI=1S/C20H14ClN3/c21-13-8-6-12(7-9-13)19-15-11-23-16-4-1-3-14(18(15)16)20-17(24-19)5-2-10-22-20/h1-11,19,23-24H. The van der Waals surface area contributed by atoms with Crippen molar-refractivity contribution in [1.29, 1.82) is 0 Å². The molecule has 1 unspecified atom stereocenters. The molecule has 2 aromatic carbocycles. The van der Waals surface area contributed by atoms with E-state index in [-0.39, 0.29) is 6.04 Å². The Labute approximate surface area is 144 Å². The van der Waals surface area contributed by atoms with Crippen molar-refractivity contribution in [2.75, 3.05) is 5.32 Å². The molecule has 1 aliphatic heterocycles. The third kappa shape index (κ3) is 1.95. The monoisotopic (exact) mass is 331 g/mol. The van der Waals surface area contributed by atoms with Crippen molar-refractivity contribution in [2.24, 2.45) is 0 Å². The van der Waals surface area contributed by atoms with Crippen LogP contribution >= 0.6 is 11.6 Å². The summed E-state index contributed by atoms with van der Waals surface area (Å²) in [4.78, 5) is 8.02. The van der Waals surface area contributed by atoms with Crippen LogP contribution in [0.2, 0.25) is 5.02 Å². The number of hydrogen-bond donors (Lipinski definition) is 2. The summed E-state index contributed by atoms with van der Waals surface area (Å²) in [5, 5.41) is 5.63. The highest BCUT2D eigenvalue weighted by atomic mass is 35.5. The van der Waals surface area contributed by atoms with Crippen molar-refractivity contribution in [3.05, 3.63) is 83.1 Å². The van der Waals surface area contributed by atoms with E-state index in [0.717, 1.165) is 27.5 Å². The summed E-state index contributed by atoms with van der Waals surface area (Å²) in [6.45, 7) is 0. The maximum absolute atomic E-state index is 6.07. The fourth-order valence-electron chi connectivity index (χ4n) is 3.52. The summed E-state index contributed by atoms with van der Waals surface area (Å²) in [6.07, 6.45) is 3.93. The predicted octanol–water partition coefficient (Wildman–Crippen LogP) is 5.40. The molecule has 1 atom stereocenters. The van der Waals surface area contributed by atoms with Crippen molar-refractivity contribution in [1.82, 2.24) is 9.97 Å². The molecule has 0 aliphatic carbocycles. The Balaban J connectivity index is 1.83. The fraction of sp³-hybridized carbons (Fsp3) is 0.0500. The van der Waals surface area contributed by atoms with E-state index in [1.54, 1.807) is 0 Å². The number of nitrogens with zero attached hydrogens (tertiary/aromatic N) is 1. The number of aromatic amines is 1. The normalized spacial score (nSPS) is 15.6. The van der Waals surface area contributed by atoms with Crippen LogP contribution in [-0.4, -0.2) is 9.97 Å². The lowest BCUT2D eigenvalue weighted by molar-refractivity contribution is 0.951. The number of aromatic nitrogens is 2. The minimum atomic E-state index is 0.0441. The van der Waals surface area contributed by atoms with Gasteiger partial charge >= 0.3 is 0 Å². The van der Waals surface area contributed by atoms with E-state index < -0.39 is 0 Å². The maximum atomic E-state index is 6.07. The van der Waals surface area contributed by atoms with Gasteiger partial charge in [0.15, 0.2) is 0 Å². The zero-order valence-corrected chi connectivity index (χ0v) is 13.5. The molecule has 1 aliphatic rings. The fourth-order valence-corrected chi connectivity index (χ4v) is 3.65. The molecule has 3 nitrogen and oxygen atoms in total. The molecule has 24 heavy (non-hydrogen) atoms. The molecule has 4 heteroatoms. The molecular weight excluding hydrogens is 318 g/mol. The van der Waals surface area contributed by atoms with Crippen LogP contribution in [0.25, 0.3) is 22.2 Å². The Morgan fingerprint density at radius 3 is 2.71 bits per heavy atom. The van der Waals surface area contributed by atoms with Crippen molar-refractivity contribution in [3.63, 3.8) is 0 Å². The van der Waals surface area contributed by atoms with Crippen LogP contribution in [0.15, 0.2) is 67.0 Å². The number of anilines is 1. The summed E-state index contributed by atoms with van der Waals surface area (Å²) < 4.78 is 0. The number of hydrogen-bond acceptors (Lipinski definition) is 2. The molecule has 0 amide bonds. The first-order valence-corrected chi connectivity index (χ1v) is 8.26. The van der Waals surface area contributed by atoms with Crippen molar-refractivity contribution in [2.45, 2.75) is 6.04 Å². The minimum Gasteiger partial charge on any atom is -0.372 e. The maximum Gasteiger partial charge on any atom is 0.0940 e. The van der Waals surface area contributed by atoms with Gasteiger partial charge in [-0.05, 0) is 35.9 Å². The zero-order valence-electron chi connectivity index (χ0n) is 12.8. The lowest BCUT2D eigenvalue weighted by Gasteiger charge is -2.19. The number of benzene rings is 2.